The fraction of sp³-hybridized carbons (Fsp3) is 0.769. The molecule has 0 saturated carbocycles. The highest BCUT2D eigenvalue weighted by molar-refractivity contribution is 7.98. The van der Waals surface area contributed by atoms with Gasteiger partial charge in [0.1, 0.15) is 0 Å². The molecular weight excluding hydrogens is 264 g/mol. The summed E-state index contributed by atoms with van der Waals surface area (Å²) in [5.41, 5.74) is 0. The predicted octanol–water partition coefficient (Wildman–Crippen LogP) is 1.71. The Bertz CT molecular complexity index is 300. The van der Waals surface area contributed by atoms with Gasteiger partial charge < -0.3 is 19.3 Å². The van der Waals surface area contributed by atoms with Crippen LogP contribution in [0.25, 0.3) is 0 Å². The van der Waals surface area contributed by atoms with Crippen LogP contribution in [0.3, 0.4) is 0 Å². The molecule has 0 aromatic rings. The van der Waals surface area contributed by atoms with Gasteiger partial charge in [0.2, 0.25) is 0 Å². The highest BCUT2D eigenvalue weighted by Gasteiger charge is 2.28. The van der Waals surface area contributed by atoms with Gasteiger partial charge in [0.25, 0.3) is 6.35 Å². The van der Waals surface area contributed by atoms with Gasteiger partial charge in [-0.3, -0.25) is 4.79 Å². The number of carbonyl (C=O) groups excluding carboxylic acids is 1. The van der Waals surface area contributed by atoms with E-state index >= 15 is 0 Å². The quantitative estimate of drug-likeness (QED) is 0.475. The van der Waals surface area contributed by atoms with Crippen molar-refractivity contribution in [1.29, 1.82) is 0 Å². The molecule has 110 valence electrons. The summed E-state index contributed by atoms with van der Waals surface area (Å²) < 4.78 is 10.9. The summed E-state index contributed by atoms with van der Waals surface area (Å²) in [6, 6.07) is 0. The summed E-state index contributed by atoms with van der Waals surface area (Å²) in [5, 5.41) is 0. The van der Waals surface area contributed by atoms with Gasteiger partial charge in [0.15, 0.2) is 0 Å². The Morgan fingerprint density at radius 3 is 2.68 bits per heavy atom. The number of hydrogen-bond donors (Lipinski definition) is 0. The van der Waals surface area contributed by atoms with Crippen LogP contribution in [-0.2, 0) is 14.3 Å². The summed E-state index contributed by atoms with van der Waals surface area (Å²) in [4.78, 5) is 15.7. The minimum atomic E-state index is -0.320. The van der Waals surface area contributed by atoms with Gasteiger partial charge in [0.05, 0.1) is 13.0 Å². The smallest absolute Gasteiger partial charge is 0.309 e. The fourth-order valence-corrected chi connectivity index (χ4v) is 2.14. The lowest BCUT2D eigenvalue weighted by Gasteiger charge is -2.31. The molecule has 19 heavy (non-hydrogen) atoms. The van der Waals surface area contributed by atoms with E-state index in [2.05, 4.69) is 0 Å². The number of carbonyl (C=O) groups is 1. The number of thioether (sulfide) groups is 1. The Hall–Kier alpha value is -0.880. The van der Waals surface area contributed by atoms with Crippen LogP contribution >= 0.6 is 11.8 Å². The Labute approximate surface area is 119 Å². The second kappa shape index (κ2) is 9.09. The van der Waals surface area contributed by atoms with Crippen LogP contribution in [0.2, 0.25) is 0 Å². The van der Waals surface area contributed by atoms with Gasteiger partial charge >= 0.3 is 5.97 Å². The van der Waals surface area contributed by atoms with Gasteiger partial charge in [-0.25, -0.2) is 0 Å². The number of hydrogen-bond acceptors (Lipinski definition) is 6. The first-order valence-electron chi connectivity index (χ1n) is 6.68. The molecule has 0 aromatic carbocycles. The SMILES string of the molecule is CCOCCN1C=CN(CC)C1OC(=O)CCSC. The number of esters is 1. The normalized spacial score (nSPS) is 18.2. The van der Waals surface area contributed by atoms with Crippen molar-refractivity contribution >= 4 is 17.7 Å². The fourth-order valence-electron chi connectivity index (χ4n) is 1.77. The molecule has 0 saturated heterocycles. The van der Waals surface area contributed by atoms with Crippen molar-refractivity contribution in [3.05, 3.63) is 12.4 Å². The van der Waals surface area contributed by atoms with E-state index in [0.717, 1.165) is 18.8 Å². The van der Waals surface area contributed by atoms with Crippen LogP contribution in [0.4, 0.5) is 0 Å². The molecule has 1 unspecified atom stereocenters. The predicted molar refractivity (Wildman–Crippen MR) is 77.6 cm³/mol. The summed E-state index contributed by atoms with van der Waals surface area (Å²) in [5.74, 6) is 0.646. The van der Waals surface area contributed by atoms with Gasteiger partial charge in [-0.15, -0.1) is 0 Å². The molecule has 1 aliphatic rings. The summed E-state index contributed by atoms with van der Waals surface area (Å²) >= 11 is 1.65. The molecular formula is C13H24N2O3S. The van der Waals surface area contributed by atoms with Crippen LogP contribution in [0, 0.1) is 0 Å². The summed E-state index contributed by atoms with van der Waals surface area (Å²) in [7, 11) is 0. The Kier molecular flexibility index (Phi) is 7.74. The average molecular weight is 288 g/mol. The van der Waals surface area contributed by atoms with E-state index in [1.165, 1.54) is 0 Å². The Morgan fingerprint density at radius 2 is 2.05 bits per heavy atom. The van der Waals surface area contributed by atoms with E-state index in [0.29, 0.717) is 19.6 Å². The van der Waals surface area contributed by atoms with Gasteiger partial charge in [0, 0.05) is 37.8 Å². The van der Waals surface area contributed by atoms with Crippen molar-refractivity contribution in [3.8, 4) is 0 Å². The van der Waals surface area contributed by atoms with Crippen molar-refractivity contribution in [3.63, 3.8) is 0 Å². The topological polar surface area (TPSA) is 42.0 Å². The second-order valence-corrected chi connectivity index (χ2v) is 5.11. The van der Waals surface area contributed by atoms with Gasteiger partial charge in [-0.2, -0.15) is 11.8 Å². The molecule has 0 fully saturated rings. The lowest BCUT2D eigenvalue weighted by atomic mass is 10.5. The standard InChI is InChI=1S/C13H24N2O3S/c1-4-14-7-8-15(9-10-17-5-2)13(14)18-12(16)6-11-19-3/h7-8,13H,4-6,9-11H2,1-3H3. The number of nitrogens with zero attached hydrogens (tertiary/aromatic N) is 2. The van der Waals surface area contributed by atoms with Crippen molar-refractivity contribution in [2.24, 2.45) is 0 Å². The molecule has 1 atom stereocenters. The lowest BCUT2D eigenvalue weighted by molar-refractivity contribution is -0.168. The maximum atomic E-state index is 11.7. The number of ether oxygens (including phenoxy) is 2. The molecule has 1 rings (SSSR count). The first kappa shape index (κ1) is 16.2. The van der Waals surface area contributed by atoms with Crippen LogP contribution in [0.15, 0.2) is 12.4 Å². The van der Waals surface area contributed by atoms with Crippen molar-refractivity contribution in [2.45, 2.75) is 26.6 Å². The summed E-state index contributed by atoms with van der Waals surface area (Å²) in [6.07, 6.45) is 6.03. The summed E-state index contributed by atoms with van der Waals surface area (Å²) in [6.45, 7) is 6.88. The molecule has 6 heteroatoms. The Morgan fingerprint density at radius 1 is 1.32 bits per heavy atom. The number of rotatable bonds is 9. The zero-order chi connectivity index (χ0) is 14.1. The highest BCUT2D eigenvalue weighted by atomic mass is 32.2. The van der Waals surface area contributed by atoms with E-state index in [9.17, 15) is 4.79 Å². The third-order valence-corrected chi connectivity index (χ3v) is 3.44. The van der Waals surface area contributed by atoms with Crippen molar-refractivity contribution in [1.82, 2.24) is 9.80 Å². The molecule has 0 aromatic heterocycles. The highest BCUT2D eigenvalue weighted by Crippen LogP contribution is 2.17. The largest absolute Gasteiger partial charge is 0.422 e. The zero-order valence-electron chi connectivity index (χ0n) is 12.0. The molecule has 0 spiro atoms. The zero-order valence-corrected chi connectivity index (χ0v) is 12.8. The molecule has 0 radical (unpaired) electrons. The van der Waals surface area contributed by atoms with Crippen LogP contribution in [0.5, 0.6) is 0 Å². The van der Waals surface area contributed by atoms with E-state index in [4.69, 9.17) is 9.47 Å². The molecule has 0 bridgehead atoms. The minimum absolute atomic E-state index is 0.150. The van der Waals surface area contributed by atoms with E-state index in [1.54, 1.807) is 11.8 Å². The average Bonchev–Trinajstić information content (AvgIpc) is 2.79. The van der Waals surface area contributed by atoms with Crippen LogP contribution in [0.1, 0.15) is 20.3 Å². The molecule has 5 nitrogen and oxygen atoms in total. The van der Waals surface area contributed by atoms with Crippen molar-refractivity contribution < 1.29 is 14.3 Å². The lowest BCUT2D eigenvalue weighted by Crippen LogP contribution is -2.43. The van der Waals surface area contributed by atoms with Gasteiger partial charge in [-0.05, 0) is 20.1 Å². The van der Waals surface area contributed by atoms with Crippen molar-refractivity contribution in [2.75, 3.05) is 38.3 Å². The molecule has 0 N–H and O–H groups in total. The maximum Gasteiger partial charge on any atom is 0.309 e. The molecule has 1 aliphatic heterocycles. The maximum absolute atomic E-state index is 11.7. The van der Waals surface area contributed by atoms with E-state index < -0.39 is 0 Å². The molecule has 0 amide bonds. The van der Waals surface area contributed by atoms with E-state index in [-0.39, 0.29) is 12.3 Å². The molecule has 0 aliphatic carbocycles. The first-order valence-corrected chi connectivity index (χ1v) is 8.08. The van der Waals surface area contributed by atoms with E-state index in [1.807, 2.05) is 42.3 Å². The second-order valence-electron chi connectivity index (χ2n) is 4.12. The monoisotopic (exact) mass is 288 g/mol. The van der Waals surface area contributed by atoms with Crippen LogP contribution in [-0.4, -0.2) is 60.4 Å². The van der Waals surface area contributed by atoms with Gasteiger partial charge in [-0.1, -0.05) is 0 Å². The molecule has 1 heterocycles. The van der Waals surface area contributed by atoms with Crippen LogP contribution < -0.4 is 0 Å². The minimum Gasteiger partial charge on any atom is -0.422 e. The third-order valence-electron chi connectivity index (χ3n) is 2.83. The third kappa shape index (κ3) is 5.32. The Balaban J connectivity index is 2.46. The first-order chi connectivity index (χ1) is 9.22.